The molecule has 0 unspecified atom stereocenters. The molecule has 0 aliphatic rings. The molecule has 2 rings (SSSR count). The van der Waals surface area contributed by atoms with E-state index in [0.29, 0.717) is 11.5 Å². The molecule has 0 amide bonds. The first kappa shape index (κ1) is 10.1. The second-order valence-electron chi connectivity index (χ2n) is 2.95. The fourth-order valence-electron chi connectivity index (χ4n) is 1.13. The largest absolute Gasteiger partial charge is 0.436 e. The summed E-state index contributed by atoms with van der Waals surface area (Å²) in [5, 5.41) is 9.38. The molecule has 4 nitrogen and oxygen atoms in total. The number of aromatic nitrogens is 2. The third-order valence-corrected chi connectivity index (χ3v) is 2.16. The van der Waals surface area contributed by atoms with Crippen molar-refractivity contribution < 1.29 is 9.52 Å². The fourth-order valence-corrected chi connectivity index (χ4v) is 1.27. The summed E-state index contributed by atoms with van der Waals surface area (Å²) in [6.45, 7) is 0. The fraction of sp³-hybridized carbons (Fsp3) is 0.200. The highest BCUT2D eigenvalue weighted by Gasteiger charge is 2.14. The van der Waals surface area contributed by atoms with Crippen LogP contribution in [0.3, 0.4) is 0 Å². The van der Waals surface area contributed by atoms with Gasteiger partial charge in [-0.1, -0.05) is 6.07 Å². The van der Waals surface area contributed by atoms with E-state index in [1.807, 2.05) is 12.1 Å². The number of rotatable bonds is 3. The van der Waals surface area contributed by atoms with Gasteiger partial charge in [-0.3, -0.25) is 4.98 Å². The molecule has 0 aliphatic carbocycles. The molecule has 0 bridgehead atoms. The summed E-state index contributed by atoms with van der Waals surface area (Å²) in [5.74, 6) is 0.794. The smallest absolute Gasteiger partial charge is 0.225 e. The maximum atomic E-state index is 9.38. The molecular weight excluding hydrogens is 216 g/mol. The van der Waals surface area contributed by atoms with Crippen molar-refractivity contribution in [3.8, 4) is 11.5 Å². The van der Waals surface area contributed by atoms with E-state index in [0.717, 1.165) is 0 Å². The van der Waals surface area contributed by atoms with Gasteiger partial charge in [-0.25, -0.2) is 4.98 Å². The lowest BCUT2D eigenvalue weighted by Crippen LogP contribution is -1.97. The van der Waals surface area contributed by atoms with Crippen LogP contribution in [-0.4, -0.2) is 21.0 Å². The summed E-state index contributed by atoms with van der Waals surface area (Å²) < 4.78 is 5.31. The number of alkyl halides is 1. The van der Waals surface area contributed by atoms with Crippen LogP contribution in [0.15, 0.2) is 35.0 Å². The molecule has 15 heavy (non-hydrogen) atoms. The monoisotopic (exact) mass is 224 g/mol. The van der Waals surface area contributed by atoms with Gasteiger partial charge in [0.25, 0.3) is 0 Å². The van der Waals surface area contributed by atoms with Crippen LogP contribution in [0.25, 0.3) is 11.5 Å². The zero-order valence-electron chi connectivity index (χ0n) is 7.80. The molecule has 0 spiro atoms. The van der Waals surface area contributed by atoms with Crippen molar-refractivity contribution in [3.63, 3.8) is 0 Å². The first-order valence-electron chi connectivity index (χ1n) is 4.42. The number of nitrogens with zero attached hydrogens (tertiary/aromatic N) is 2. The lowest BCUT2D eigenvalue weighted by atomic mass is 10.3. The highest BCUT2D eigenvalue weighted by atomic mass is 35.5. The van der Waals surface area contributed by atoms with Gasteiger partial charge in [0, 0.05) is 6.20 Å². The topological polar surface area (TPSA) is 59.2 Å². The van der Waals surface area contributed by atoms with Gasteiger partial charge in [0.1, 0.15) is 11.8 Å². The van der Waals surface area contributed by atoms with Gasteiger partial charge in [-0.15, -0.1) is 11.6 Å². The van der Waals surface area contributed by atoms with Crippen LogP contribution in [0.4, 0.5) is 0 Å². The zero-order valence-corrected chi connectivity index (χ0v) is 8.55. The third kappa shape index (κ3) is 2.16. The molecule has 2 aromatic rings. The third-order valence-electron chi connectivity index (χ3n) is 1.87. The number of oxazole rings is 1. The molecule has 0 radical (unpaired) electrons. The Balaban J connectivity index is 2.28. The summed E-state index contributed by atoms with van der Waals surface area (Å²) >= 11 is 5.48. The van der Waals surface area contributed by atoms with E-state index >= 15 is 0 Å². The average Bonchev–Trinajstić information content (AvgIpc) is 2.78. The van der Waals surface area contributed by atoms with Crippen LogP contribution in [0, 0.1) is 0 Å². The molecule has 2 heterocycles. The van der Waals surface area contributed by atoms with E-state index in [4.69, 9.17) is 16.0 Å². The zero-order chi connectivity index (χ0) is 10.7. The molecule has 0 saturated heterocycles. The van der Waals surface area contributed by atoms with Gasteiger partial charge in [-0.2, -0.15) is 0 Å². The van der Waals surface area contributed by atoms with Crippen LogP contribution in [0.5, 0.6) is 0 Å². The van der Waals surface area contributed by atoms with Crippen molar-refractivity contribution in [1.82, 2.24) is 9.97 Å². The average molecular weight is 225 g/mol. The van der Waals surface area contributed by atoms with E-state index in [1.54, 1.807) is 12.3 Å². The summed E-state index contributed by atoms with van der Waals surface area (Å²) in [5.41, 5.74) is 0.679. The minimum atomic E-state index is -0.871. The second kappa shape index (κ2) is 4.42. The lowest BCUT2D eigenvalue weighted by Gasteiger charge is -1.99. The molecule has 1 atom stereocenters. The van der Waals surface area contributed by atoms with Crippen molar-refractivity contribution in [2.45, 2.75) is 6.10 Å². The molecule has 78 valence electrons. The number of aliphatic hydroxyl groups excluding tert-OH is 1. The number of halogens is 1. The SMILES string of the molecule is O[C@@H](CCl)c1ncc(-c2ccccn2)o1. The van der Waals surface area contributed by atoms with Gasteiger partial charge in [0.05, 0.1) is 12.1 Å². The van der Waals surface area contributed by atoms with Gasteiger partial charge < -0.3 is 9.52 Å². The van der Waals surface area contributed by atoms with Crippen LogP contribution >= 0.6 is 11.6 Å². The van der Waals surface area contributed by atoms with Crippen molar-refractivity contribution >= 4 is 11.6 Å². The Morgan fingerprint density at radius 2 is 2.27 bits per heavy atom. The standard InChI is InChI=1S/C10H9ClN2O2/c11-5-8(14)10-13-6-9(15-10)7-3-1-2-4-12-7/h1-4,6,8,14H,5H2/t8-/m0/s1. The quantitative estimate of drug-likeness (QED) is 0.811. The first-order chi connectivity index (χ1) is 7.31. The Labute approximate surface area is 91.5 Å². The maximum absolute atomic E-state index is 9.38. The maximum Gasteiger partial charge on any atom is 0.225 e. The number of aliphatic hydroxyl groups is 1. The van der Waals surface area contributed by atoms with Gasteiger partial charge in [-0.05, 0) is 12.1 Å². The van der Waals surface area contributed by atoms with Crippen LogP contribution in [-0.2, 0) is 0 Å². The lowest BCUT2D eigenvalue weighted by molar-refractivity contribution is 0.167. The van der Waals surface area contributed by atoms with Gasteiger partial charge in [0.2, 0.25) is 5.89 Å². The molecule has 1 N–H and O–H groups in total. The van der Waals surface area contributed by atoms with Crippen molar-refractivity contribution in [1.29, 1.82) is 0 Å². The van der Waals surface area contributed by atoms with Crippen LogP contribution in [0.2, 0.25) is 0 Å². The summed E-state index contributed by atoms with van der Waals surface area (Å²) in [6, 6.07) is 5.47. The Bertz CT molecular complexity index is 430. The highest BCUT2D eigenvalue weighted by Crippen LogP contribution is 2.21. The van der Waals surface area contributed by atoms with Gasteiger partial charge >= 0.3 is 0 Å². The molecule has 0 aliphatic heterocycles. The summed E-state index contributed by atoms with van der Waals surface area (Å²) in [6.07, 6.45) is 2.31. The normalized spacial score (nSPS) is 12.7. The van der Waals surface area contributed by atoms with Crippen molar-refractivity contribution in [3.05, 3.63) is 36.5 Å². The Morgan fingerprint density at radius 3 is 2.93 bits per heavy atom. The first-order valence-corrected chi connectivity index (χ1v) is 4.96. The number of hydrogen-bond donors (Lipinski definition) is 1. The minimum Gasteiger partial charge on any atom is -0.436 e. The molecule has 5 heteroatoms. The molecule has 0 aromatic carbocycles. The predicted molar refractivity (Wildman–Crippen MR) is 55.4 cm³/mol. The summed E-state index contributed by atoms with van der Waals surface area (Å²) in [7, 11) is 0. The Hall–Kier alpha value is -1.39. The molecular formula is C10H9ClN2O2. The van der Waals surface area contributed by atoms with Gasteiger partial charge in [0.15, 0.2) is 5.76 Å². The molecule has 0 saturated carbocycles. The number of hydrogen-bond acceptors (Lipinski definition) is 4. The van der Waals surface area contributed by atoms with E-state index in [1.165, 1.54) is 6.20 Å². The summed E-state index contributed by atoms with van der Waals surface area (Å²) in [4.78, 5) is 8.02. The molecule has 0 fully saturated rings. The van der Waals surface area contributed by atoms with Crippen LogP contribution < -0.4 is 0 Å². The minimum absolute atomic E-state index is 0.0577. The number of pyridine rings is 1. The van der Waals surface area contributed by atoms with E-state index in [2.05, 4.69) is 9.97 Å². The Kier molecular flexibility index (Phi) is 2.99. The predicted octanol–water partition coefficient (Wildman–Crippen LogP) is 2.01. The van der Waals surface area contributed by atoms with E-state index in [-0.39, 0.29) is 11.8 Å². The van der Waals surface area contributed by atoms with Crippen molar-refractivity contribution in [2.75, 3.05) is 5.88 Å². The Morgan fingerprint density at radius 1 is 1.40 bits per heavy atom. The van der Waals surface area contributed by atoms with E-state index in [9.17, 15) is 5.11 Å². The second-order valence-corrected chi connectivity index (χ2v) is 3.26. The van der Waals surface area contributed by atoms with Crippen molar-refractivity contribution in [2.24, 2.45) is 0 Å². The van der Waals surface area contributed by atoms with Crippen LogP contribution in [0.1, 0.15) is 12.0 Å². The van der Waals surface area contributed by atoms with E-state index < -0.39 is 6.10 Å². The highest BCUT2D eigenvalue weighted by molar-refractivity contribution is 6.18. The molecule has 2 aromatic heterocycles.